The van der Waals surface area contributed by atoms with Crippen LogP contribution in [-0.4, -0.2) is 66.8 Å². The number of aliphatic hydroxyl groups is 1. The molecule has 0 spiro atoms. The fourth-order valence-electron chi connectivity index (χ4n) is 2.66. The van der Waals surface area contributed by atoms with Crippen LogP contribution in [0.1, 0.15) is 30.7 Å². The van der Waals surface area contributed by atoms with Crippen LogP contribution in [0, 0.1) is 0 Å². The summed E-state index contributed by atoms with van der Waals surface area (Å²) in [6.07, 6.45) is 0.720. The van der Waals surface area contributed by atoms with E-state index in [0.29, 0.717) is 26.1 Å². The van der Waals surface area contributed by atoms with E-state index in [4.69, 9.17) is 4.74 Å². The van der Waals surface area contributed by atoms with Gasteiger partial charge >= 0.3 is 0 Å². The Hall–Kier alpha value is -0.950. The quantitative estimate of drug-likeness (QED) is 0.829. The molecule has 1 N–H and O–H groups in total. The van der Waals surface area contributed by atoms with E-state index in [2.05, 4.69) is 4.90 Å². The van der Waals surface area contributed by atoms with Crippen molar-refractivity contribution in [2.75, 3.05) is 39.9 Å². The predicted octanol–water partition coefficient (Wildman–Crippen LogP) is 1.74. The Morgan fingerprint density at radius 3 is 3.14 bits per heavy atom. The number of carbonyl (C=O) groups excluding carboxylic acids is 1. The Labute approximate surface area is 136 Å². The van der Waals surface area contributed by atoms with Crippen molar-refractivity contribution in [3.63, 3.8) is 0 Å². The van der Waals surface area contributed by atoms with E-state index in [1.165, 1.54) is 0 Å². The predicted molar refractivity (Wildman–Crippen MR) is 88.0 cm³/mol. The van der Waals surface area contributed by atoms with Crippen molar-refractivity contribution in [3.05, 3.63) is 22.4 Å². The lowest BCUT2D eigenvalue weighted by Crippen LogP contribution is -2.47. The molecule has 0 saturated carbocycles. The molecule has 1 aromatic rings. The molecular weight excluding hydrogens is 300 g/mol. The molecular formula is C16H26N2O3S. The Morgan fingerprint density at radius 1 is 1.64 bits per heavy atom. The second-order valence-corrected chi connectivity index (χ2v) is 6.67. The number of rotatable bonds is 7. The maximum absolute atomic E-state index is 12.0. The van der Waals surface area contributed by atoms with Crippen molar-refractivity contribution in [2.45, 2.75) is 31.9 Å². The van der Waals surface area contributed by atoms with Crippen LogP contribution in [0.15, 0.2) is 17.5 Å². The number of amides is 1. The molecule has 124 valence electrons. The van der Waals surface area contributed by atoms with Gasteiger partial charge in [-0.2, -0.15) is 0 Å². The molecule has 2 atom stereocenters. The first-order chi connectivity index (χ1) is 10.6. The average molecular weight is 326 g/mol. The molecule has 0 bridgehead atoms. The third-order valence-corrected chi connectivity index (χ3v) is 5.20. The molecule has 1 amide bonds. The summed E-state index contributed by atoms with van der Waals surface area (Å²) in [6, 6.07) is 4.09. The van der Waals surface area contributed by atoms with Crippen LogP contribution >= 0.6 is 11.3 Å². The van der Waals surface area contributed by atoms with Gasteiger partial charge in [0, 0.05) is 44.0 Å². The second-order valence-electron chi connectivity index (χ2n) is 5.69. The van der Waals surface area contributed by atoms with E-state index < -0.39 is 6.10 Å². The van der Waals surface area contributed by atoms with Crippen LogP contribution in [0.4, 0.5) is 0 Å². The minimum Gasteiger partial charge on any atom is -0.388 e. The molecule has 0 radical (unpaired) electrons. The van der Waals surface area contributed by atoms with E-state index in [1.54, 1.807) is 16.2 Å². The minimum atomic E-state index is -0.455. The first-order valence-corrected chi connectivity index (χ1v) is 8.77. The number of nitrogens with zero attached hydrogens (tertiary/aromatic N) is 2. The summed E-state index contributed by atoms with van der Waals surface area (Å²) < 4.78 is 5.56. The smallest absolute Gasteiger partial charge is 0.223 e. The lowest BCUT2D eigenvalue weighted by molar-refractivity contribution is -0.130. The summed E-state index contributed by atoms with van der Waals surface area (Å²) in [7, 11) is 1.83. The molecule has 6 heteroatoms. The molecule has 2 unspecified atom stereocenters. The molecule has 5 nitrogen and oxygen atoms in total. The highest BCUT2D eigenvalue weighted by atomic mass is 32.1. The largest absolute Gasteiger partial charge is 0.388 e. The van der Waals surface area contributed by atoms with Crippen LogP contribution in [0.5, 0.6) is 0 Å². The van der Waals surface area contributed by atoms with Crippen molar-refractivity contribution >= 4 is 17.2 Å². The summed E-state index contributed by atoms with van der Waals surface area (Å²) in [4.78, 5) is 17.0. The third-order valence-electron chi connectivity index (χ3n) is 4.23. The highest BCUT2D eigenvalue weighted by molar-refractivity contribution is 7.10. The highest BCUT2D eigenvalue weighted by Crippen LogP contribution is 2.25. The molecule has 1 fully saturated rings. The van der Waals surface area contributed by atoms with Gasteiger partial charge in [0.05, 0.1) is 19.3 Å². The molecule has 1 aliphatic rings. The van der Waals surface area contributed by atoms with E-state index in [-0.39, 0.29) is 11.9 Å². The summed E-state index contributed by atoms with van der Waals surface area (Å²) in [5, 5.41) is 12.3. The van der Waals surface area contributed by atoms with E-state index in [9.17, 15) is 9.90 Å². The van der Waals surface area contributed by atoms with Crippen molar-refractivity contribution in [1.82, 2.24) is 9.80 Å². The lowest BCUT2D eigenvalue weighted by atomic mass is 10.1. The Morgan fingerprint density at radius 2 is 2.45 bits per heavy atom. The number of ether oxygens (including phenoxy) is 1. The molecule has 0 aromatic carbocycles. The zero-order chi connectivity index (χ0) is 15.9. The van der Waals surface area contributed by atoms with E-state index in [0.717, 1.165) is 24.5 Å². The first-order valence-electron chi connectivity index (χ1n) is 7.89. The molecule has 0 aliphatic carbocycles. The van der Waals surface area contributed by atoms with Crippen molar-refractivity contribution < 1.29 is 14.6 Å². The van der Waals surface area contributed by atoms with Gasteiger partial charge in [-0.1, -0.05) is 6.07 Å². The van der Waals surface area contributed by atoms with Crippen LogP contribution < -0.4 is 0 Å². The number of hydrogen-bond acceptors (Lipinski definition) is 5. The number of carbonyl (C=O) groups is 1. The van der Waals surface area contributed by atoms with Crippen LogP contribution in [0.25, 0.3) is 0 Å². The van der Waals surface area contributed by atoms with Gasteiger partial charge in [0.2, 0.25) is 5.91 Å². The van der Waals surface area contributed by atoms with Crippen molar-refractivity contribution in [2.24, 2.45) is 0 Å². The molecule has 2 rings (SSSR count). The summed E-state index contributed by atoms with van der Waals surface area (Å²) in [5.41, 5.74) is 0. The number of thiophene rings is 1. The fraction of sp³-hybridized carbons (Fsp3) is 0.688. The Kier molecular flexibility index (Phi) is 6.82. The summed E-state index contributed by atoms with van der Waals surface area (Å²) >= 11 is 1.58. The number of hydrogen-bond donors (Lipinski definition) is 1. The van der Waals surface area contributed by atoms with Gasteiger partial charge in [0.25, 0.3) is 0 Å². The molecule has 2 heterocycles. The minimum absolute atomic E-state index is 0.172. The average Bonchev–Trinajstić information content (AvgIpc) is 3.07. The molecule has 22 heavy (non-hydrogen) atoms. The summed E-state index contributed by atoms with van der Waals surface area (Å²) in [5.74, 6) is 0.173. The van der Waals surface area contributed by atoms with E-state index >= 15 is 0 Å². The Bertz CT molecular complexity index is 452. The maximum atomic E-state index is 12.0. The topological polar surface area (TPSA) is 53.0 Å². The third kappa shape index (κ3) is 4.78. The van der Waals surface area contributed by atoms with Crippen LogP contribution in [0.2, 0.25) is 0 Å². The van der Waals surface area contributed by atoms with Crippen LogP contribution in [0.3, 0.4) is 0 Å². The van der Waals surface area contributed by atoms with E-state index in [1.807, 2.05) is 31.5 Å². The van der Waals surface area contributed by atoms with Crippen LogP contribution in [-0.2, 0) is 9.53 Å². The van der Waals surface area contributed by atoms with Gasteiger partial charge in [0.1, 0.15) is 0 Å². The first kappa shape index (κ1) is 17.4. The Balaban J connectivity index is 1.86. The zero-order valence-corrected chi connectivity index (χ0v) is 14.2. The molecule has 1 aromatic heterocycles. The normalized spacial score (nSPS) is 20.8. The lowest BCUT2D eigenvalue weighted by Gasteiger charge is -2.36. The van der Waals surface area contributed by atoms with Gasteiger partial charge in [-0.3, -0.25) is 9.69 Å². The molecule has 1 aliphatic heterocycles. The van der Waals surface area contributed by atoms with Gasteiger partial charge in [-0.05, 0) is 24.8 Å². The van der Waals surface area contributed by atoms with Crippen molar-refractivity contribution in [3.8, 4) is 0 Å². The van der Waals surface area contributed by atoms with Gasteiger partial charge in [0.15, 0.2) is 0 Å². The molecule has 1 saturated heterocycles. The summed E-state index contributed by atoms with van der Waals surface area (Å²) in [6.45, 7) is 5.60. The second kappa shape index (κ2) is 8.62. The van der Waals surface area contributed by atoms with Gasteiger partial charge < -0.3 is 14.7 Å². The van der Waals surface area contributed by atoms with Crippen molar-refractivity contribution in [1.29, 1.82) is 0 Å². The maximum Gasteiger partial charge on any atom is 0.223 e. The van der Waals surface area contributed by atoms with Gasteiger partial charge in [-0.25, -0.2) is 0 Å². The SMILES string of the molecule is CCN(C)C(=O)CCN1CCOCC1CC(O)c1cccs1. The fourth-order valence-corrected chi connectivity index (χ4v) is 3.39. The highest BCUT2D eigenvalue weighted by Gasteiger charge is 2.26. The number of aliphatic hydroxyl groups excluding tert-OH is 1. The standard InChI is InChI=1S/C16H26N2O3S/c1-3-17(2)16(20)6-7-18-8-9-21-12-13(18)11-14(19)15-5-4-10-22-15/h4-5,10,13-14,19H,3,6-9,11-12H2,1-2H3. The zero-order valence-electron chi connectivity index (χ0n) is 13.4. The number of morpholine rings is 1. The van der Waals surface area contributed by atoms with Gasteiger partial charge in [-0.15, -0.1) is 11.3 Å². The monoisotopic (exact) mass is 326 g/mol.